The Morgan fingerprint density at radius 3 is 2.24 bits per heavy atom. The largest absolute Gasteiger partial charge is 0.511 e. The van der Waals surface area contributed by atoms with E-state index in [2.05, 4.69) is 23.8 Å². The van der Waals surface area contributed by atoms with Crippen LogP contribution in [-0.2, 0) is 28.6 Å². The highest BCUT2D eigenvalue weighted by Gasteiger charge is 2.65. The van der Waals surface area contributed by atoms with E-state index >= 15 is 0 Å². The molecule has 11 nitrogen and oxygen atoms in total. The Morgan fingerprint density at radius 2 is 1.66 bits per heavy atom. The summed E-state index contributed by atoms with van der Waals surface area (Å²) in [5, 5.41) is 8.84. The Hall–Kier alpha value is -3.55. The molecule has 0 radical (unpaired) electrons. The molecule has 38 heavy (non-hydrogen) atoms. The lowest BCUT2D eigenvalue weighted by molar-refractivity contribution is -0.758. The van der Waals surface area contributed by atoms with E-state index in [9.17, 15) is 52.3 Å². The molecule has 1 aliphatic heterocycles. The number of rotatable bonds is 11. The molecule has 1 atom stereocenters. The molecule has 1 heterocycles. The predicted octanol–water partition coefficient (Wildman–Crippen LogP) is 5.24. The number of benzene rings is 1. The number of carbonyl (C=O) groups excluding carboxylic acids is 2. The molecule has 0 bridgehead atoms. The van der Waals surface area contributed by atoms with Gasteiger partial charge in [-0.3, -0.25) is 0 Å². The van der Waals surface area contributed by atoms with Crippen molar-refractivity contribution in [3.05, 3.63) is 38.9 Å². The molecular weight excluding hydrogens is 574 g/mol. The van der Waals surface area contributed by atoms with Crippen molar-refractivity contribution in [2.45, 2.75) is 24.1 Å². The lowest BCUT2D eigenvalue weighted by Crippen LogP contribution is -2.41. The molecule has 0 saturated heterocycles. The zero-order chi connectivity index (χ0) is 29.0. The molecule has 2 rings (SSSR count). The Morgan fingerprint density at radius 1 is 1.03 bits per heavy atom. The van der Waals surface area contributed by atoms with Crippen LogP contribution in [0.5, 0.6) is 5.75 Å². The second-order valence-electron chi connectivity index (χ2n) is 7.23. The smallest absolute Gasteiger partial charge is 0.475 e. The van der Waals surface area contributed by atoms with Gasteiger partial charge in [0.1, 0.15) is 23.9 Å². The van der Waals surface area contributed by atoms with Crippen molar-refractivity contribution in [1.82, 2.24) is 0 Å². The topological polar surface area (TPSA) is 133 Å². The van der Waals surface area contributed by atoms with E-state index in [0.29, 0.717) is 0 Å². The van der Waals surface area contributed by atoms with Crippen LogP contribution < -0.4 is 4.74 Å². The maximum absolute atomic E-state index is 13.5. The third-order valence-electron chi connectivity index (χ3n) is 4.32. The van der Waals surface area contributed by atoms with Gasteiger partial charge in [-0.1, -0.05) is 19.4 Å². The Labute approximate surface area is 207 Å². The Balaban J connectivity index is 2.06. The average molecular weight is 591 g/mol. The monoisotopic (exact) mass is 591 g/mol. The van der Waals surface area contributed by atoms with Gasteiger partial charge in [-0.15, -0.1) is 10.1 Å². The molecule has 0 aromatic heterocycles. The molecule has 216 valence electrons. The lowest BCUT2D eigenvalue weighted by Gasteiger charge is -2.41. The van der Waals surface area contributed by atoms with Crippen molar-refractivity contribution < 1.29 is 75.8 Å². The number of hydrogen-bond acceptors (Lipinski definition) is 10. The van der Waals surface area contributed by atoms with Gasteiger partial charge in [0.2, 0.25) is 12.9 Å². The van der Waals surface area contributed by atoms with Gasteiger partial charge in [0.05, 0.1) is 18.8 Å². The number of carbonyl (C=O) groups is 2. The van der Waals surface area contributed by atoms with Crippen molar-refractivity contribution in [3.8, 4) is 5.75 Å². The summed E-state index contributed by atoms with van der Waals surface area (Å²) in [6.45, 7) is -1.87. The molecule has 20 heteroatoms. The molecule has 0 aliphatic carbocycles. The molecule has 0 fully saturated rings. The first-order valence-corrected chi connectivity index (χ1v) is 11.8. The van der Waals surface area contributed by atoms with Crippen LogP contribution in [0.3, 0.4) is 0 Å². The minimum atomic E-state index is -10.2. The summed E-state index contributed by atoms with van der Waals surface area (Å²) in [5.41, 5.74) is -3.01. The summed E-state index contributed by atoms with van der Waals surface area (Å²) in [6, 6.07) is -0.237. The van der Waals surface area contributed by atoms with Gasteiger partial charge in [0.15, 0.2) is 0 Å². The van der Waals surface area contributed by atoms with Crippen molar-refractivity contribution in [1.29, 1.82) is 0 Å². The van der Waals surface area contributed by atoms with E-state index in [4.69, 9.17) is 4.74 Å². The van der Waals surface area contributed by atoms with Crippen LogP contribution in [0.2, 0.25) is 0 Å². The van der Waals surface area contributed by atoms with Gasteiger partial charge in [-0.2, -0.15) is 13.2 Å². The quantitative estimate of drug-likeness (QED) is 0.0841. The summed E-state index contributed by atoms with van der Waals surface area (Å²) >= 11 is 0. The number of aryl methyl sites for hydroxylation is 1. The number of ether oxygens (including phenoxy) is 5. The molecule has 0 unspecified atom stereocenters. The zero-order valence-corrected chi connectivity index (χ0v) is 19.6. The molecule has 1 aromatic carbocycles. The van der Waals surface area contributed by atoms with Crippen LogP contribution in [0, 0.1) is 17.0 Å². The predicted molar refractivity (Wildman–Crippen MR) is 108 cm³/mol. The van der Waals surface area contributed by atoms with Crippen molar-refractivity contribution in [2.75, 3.05) is 33.2 Å². The number of halogens is 8. The highest BCUT2D eigenvalue weighted by molar-refractivity contribution is 8.45. The van der Waals surface area contributed by atoms with Gasteiger partial charge in [0.25, 0.3) is 5.09 Å². The molecule has 0 N–H and O–H groups in total. The standard InChI is InChI=1S/C18H17F8NO10S/c1-10-6-12(38(22,23,24,25)26)7-11-8-13(15(18(19,20)21)37-14(10)11)16(28)34-9-35-17(29)33-4-2-32-3-5-36-27(30)31/h6-8,15H,2-5,9H2,1H3/t15-/m0/s1. The number of hydrogen-bond donors (Lipinski definition) is 0. The maximum Gasteiger partial charge on any atom is 0.511 e. The minimum absolute atomic E-state index is 0.0736. The molecule has 1 aliphatic rings. The summed E-state index contributed by atoms with van der Waals surface area (Å²) in [4.78, 5) is 35.0. The second kappa shape index (κ2) is 10.3. The van der Waals surface area contributed by atoms with Crippen LogP contribution in [0.1, 0.15) is 11.1 Å². The van der Waals surface area contributed by atoms with Crippen LogP contribution in [0.4, 0.5) is 37.4 Å². The number of nitrogens with zero attached hydrogens (tertiary/aromatic N) is 1. The van der Waals surface area contributed by atoms with Crippen LogP contribution in [0.25, 0.3) is 6.08 Å². The zero-order valence-electron chi connectivity index (χ0n) is 18.8. The maximum atomic E-state index is 13.5. The number of alkyl halides is 3. The van der Waals surface area contributed by atoms with E-state index in [-0.39, 0.29) is 31.4 Å². The van der Waals surface area contributed by atoms with Crippen molar-refractivity contribution in [2.24, 2.45) is 0 Å². The third-order valence-corrected chi connectivity index (χ3v) is 5.45. The molecule has 0 saturated carbocycles. The molecule has 0 spiro atoms. The first-order chi connectivity index (χ1) is 17.2. The summed E-state index contributed by atoms with van der Waals surface area (Å²) < 4.78 is 129. The number of fused-ring (bicyclic) bond motifs is 1. The van der Waals surface area contributed by atoms with Gasteiger partial charge in [-0.25, -0.2) is 9.59 Å². The summed E-state index contributed by atoms with van der Waals surface area (Å²) in [6.07, 6.45) is -9.57. The average Bonchev–Trinajstić information content (AvgIpc) is 2.75. The van der Waals surface area contributed by atoms with E-state index in [1.54, 1.807) is 0 Å². The highest BCUT2D eigenvalue weighted by Crippen LogP contribution is 3.02. The Kier molecular flexibility index (Phi) is 8.32. The second-order valence-corrected chi connectivity index (χ2v) is 9.64. The fourth-order valence-corrected chi connectivity index (χ4v) is 3.55. The number of esters is 1. The van der Waals surface area contributed by atoms with E-state index < -0.39 is 87.1 Å². The van der Waals surface area contributed by atoms with Gasteiger partial charge >= 0.3 is 28.5 Å². The lowest BCUT2D eigenvalue weighted by atomic mass is 9.99. The van der Waals surface area contributed by atoms with Crippen molar-refractivity contribution >= 4 is 28.4 Å². The van der Waals surface area contributed by atoms with Crippen LogP contribution in [0.15, 0.2) is 22.6 Å². The first-order valence-electron chi connectivity index (χ1n) is 9.84. The summed E-state index contributed by atoms with van der Waals surface area (Å²) in [7, 11) is -10.2. The van der Waals surface area contributed by atoms with E-state index in [1.807, 2.05) is 0 Å². The van der Waals surface area contributed by atoms with E-state index in [1.165, 1.54) is 0 Å². The minimum Gasteiger partial charge on any atom is -0.475 e. The molecular formula is C18H17F8NO10S. The Bertz CT molecular complexity index is 1120. The first kappa shape index (κ1) is 30.7. The van der Waals surface area contributed by atoms with Gasteiger partial charge < -0.3 is 28.5 Å². The highest BCUT2D eigenvalue weighted by atomic mass is 32.5. The van der Waals surface area contributed by atoms with Crippen molar-refractivity contribution in [3.63, 3.8) is 0 Å². The molecule has 1 aromatic rings. The van der Waals surface area contributed by atoms with Crippen LogP contribution in [-0.4, -0.2) is 62.7 Å². The van der Waals surface area contributed by atoms with Gasteiger partial charge in [-0.05, 0) is 30.7 Å². The SMILES string of the molecule is Cc1cc(S(F)(F)(F)(F)F)cc2c1O[C@H](C(F)(F)F)C(C(=O)OCOC(=O)OCCOCCO[N+](=O)[O-])=C2. The fourth-order valence-electron chi connectivity index (χ4n) is 2.80. The fraction of sp³-hybridized carbons (Fsp3) is 0.444. The third kappa shape index (κ3) is 8.78. The molecule has 0 amide bonds. The van der Waals surface area contributed by atoms with Gasteiger partial charge in [0, 0.05) is 5.56 Å². The van der Waals surface area contributed by atoms with E-state index in [0.717, 1.165) is 6.92 Å². The van der Waals surface area contributed by atoms with Crippen LogP contribution >= 0.6 is 10.2 Å². The summed E-state index contributed by atoms with van der Waals surface area (Å²) in [5.74, 6) is -2.67. The normalized spacial score (nSPS) is 17.1.